The summed E-state index contributed by atoms with van der Waals surface area (Å²) in [5.74, 6) is -0.980. The van der Waals surface area contributed by atoms with Crippen molar-refractivity contribution < 1.29 is 18.7 Å². The van der Waals surface area contributed by atoms with E-state index in [0.29, 0.717) is 6.54 Å². The molecule has 5 heteroatoms. The maximum absolute atomic E-state index is 13.1. The van der Waals surface area contributed by atoms with Crippen LogP contribution in [-0.2, 0) is 4.79 Å². The molecular weight excluding hydrogens is 240 g/mol. The van der Waals surface area contributed by atoms with Gasteiger partial charge in [-0.05, 0) is 54.9 Å². The Hall–Kier alpha value is -0.710. The van der Waals surface area contributed by atoms with E-state index in [4.69, 9.17) is 10.8 Å². The van der Waals surface area contributed by atoms with Crippen molar-refractivity contribution in [2.24, 2.45) is 40.7 Å². The number of carboxylic acids is 1. The fourth-order valence-corrected chi connectivity index (χ4v) is 5.41. The Morgan fingerprint density at radius 2 is 2.11 bits per heavy atom. The van der Waals surface area contributed by atoms with E-state index in [1.54, 1.807) is 0 Å². The summed E-state index contributed by atoms with van der Waals surface area (Å²) in [4.78, 5) is 11.0. The van der Waals surface area contributed by atoms with Crippen molar-refractivity contribution in [3.05, 3.63) is 0 Å². The van der Waals surface area contributed by atoms with Gasteiger partial charge in [0.15, 0.2) is 0 Å². The Balaban J connectivity index is 1.89. The molecule has 0 spiro atoms. The van der Waals surface area contributed by atoms with Crippen LogP contribution in [0.4, 0.5) is 8.78 Å². The van der Waals surface area contributed by atoms with Gasteiger partial charge in [-0.1, -0.05) is 0 Å². The quantitative estimate of drug-likeness (QED) is 0.811. The number of rotatable bonds is 4. The third-order valence-corrected chi connectivity index (χ3v) is 5.95. The molecule has 6 atom stereocenters. The van der Waals surface area contributed by atoms with Crippen LogP contribution in [0.5, 0.6) is 0 Å². The monoisotopic (exact) mass is 259 g/mol. The largest absolute Gasteiger partial charge is 0.481 e. The molecule has 0 unspecified atom stereocenters. The van der Waals surface area contributed by atoms with E-state index in [1.165, 1.54) is 0 Å². The first-order valence-corrected chi connectivity index (χ1v) is 6.71. The number of nitrogens with two attached hydrogens (primary N) is 1. The minimum absolute atomic E-state index is 0.0339. The highest BCUT2D eigenvalue weighted by atomic mass is 19.3. The lowest BCUT2D eigenvalue weighted by atomic mass is 9.43. The number of aliphatic carboxylic acids is 1. The molecule has 3 aliphatic rings. The van der Waals surface area contributed by atoms with Crippen molar-refractivity contribution in [1.29, 1.82) is 0 Å². The molecular formula is C13H19F2NO2. The van der Waals surface area contributed by atoms with Gasteiger partial charge in [-0.3, -0.25) is 4.79 Å². The molecule has 2 bridgehead atoms. The van der Waals surface area contributed by atoms with Crippen LogP contribution in [0.15, 0.2) is 0 Å². The van der Waals surface area contributed by atoms with Crippen molar-refractivity contribution in [2.75, 3.05) is 6.54 Å². The zero-order valence-electron chi connectivity index (χ0n) is 10.2. The Bertz CT molecular complexity index is 368. The van der Waals surface area contributed by atoms with E-state index in [9.17, 15) is 13.6 Å². The molecule has 0 aromatic heterocycles. The zero-order chi connectivity index (χ0) is 13.1. The lowest BCUT2D eigenvalue weighted by molar-refractivity contribution is -0.172. The second kappa shape index (κ2) is 3.89. The smallest absolute Gasteiger partial charge is 0.303 e. The third kappa shape index (κ3) is 1.34. The van der Waals surface area contributed by atoms with Gasteiger partial charge in [0.1, 0.15) is 0 Å². The summed E-state index contributed by atoms with van der Waals surface area (Å²) in [5.41, 5.74) is 5.43. The maximum Gasteiger partial charge on any atom is 0.303 e. The van der Waals surface area contributed by atoms with E-state index in [-0.39, 0.29) is 30.1 Å². The van der Waals surface area contributed by atoms with Gasteiger partial charge in [0, 0.05) is 5.92 Å². The van der Waals surface area contributed by atoms with Crippen molar-refractivity contribution in [3.63, 3.8) is 0 Å². The van der Waals surface area contributed by atoms with Crippen molar-refractivity contribution in [3.8, 4) is 0 Å². The van der Waals surface area contributed by atoms with Crippen LogP contribution in [0.1, 0.15) is 25.7 Å². The van der Waals surface area contributed by atoms with Gasteiger partial charge in [0.05, 0.1) is 6.42 Å². The van der Waals surface area contributed by atoms with E-state index >= 15 is 0 Å². The van der Waals surface area contributed by atoms with Crippen LogP contribution in [0.2, 0.25) is 0 Å². The van der Waals surface area contributed by atoms with Crippen molar-refractivity contribution in [1.82, 2.24) is 0 Å². The highest BCUT2D eigenvalue weighted by Gasteiger charge is 2.70. The standard InChI is InChI=1S/C13H19F2NO2/c14-12(15)10-6-1-2-7-11(10)8(3-6)13(7,5-16)4-9(17)18/h6-8,10-12H,1-5,16H2,(H,17,18)/t6-,7-,8+,10-,11+,13+/m0/s1. The van der Waals surface area contributed by atoms with Gasteiger partial charge in [-0.2, -0.15) is 0 Å². The van der Waals surface area contributed by atoms with E-state index in [2.05, 4.69) is 0 Å². The van der Waals surface area contributed by atoms with E-state index in [0.717, 1.165) is 19.3 Å². The lowest BCUT2D eigenvalue weighted by Gasteiger charge is -2.61. The third-order valence-electron chi connectivity index (χ3n) is 5.95. The molecule has 3 rings (SSSR count). The molecule has 0 amide bonds. The number of fused-ring (bicyclic) bond motifs is 1. The van der Waals surface area contributed by atoms with Crippen molar-refractivity contribution >= 4 is 5.97 Å². The highest BCUT2D eigenvalue weighted by Crippen LogP contribution is 2.73. The molecule has 102 valence electrons. The van der Waals surface area contributed by atoms with Gasteiger partial charge < -0.3 is 10.8 Å². The molecule has 18 heavy (non-hydrogen) atoms. The van der Waals surface area contributed by atoms with Gasteiger partial charge in [0.2, 0.25) is 6.43 Å². The van der Waals surface area contributed by atoms with E-state index in [1.807, 2.05) is 0 Å². The van der Waals surface area contributed by atoms with Crippen LogP contribution in [-0.4, -0.2) is 24.0 Å². The summed E-state index contributed by atoms with van der Waals surface area (Å²) < 4.78 is 26.3. The topological polar surface area (TPSA) is 63.3 Å². The van der Waals surface area contributed by atoms with Crippen LogP contribution in [0.25, 0.3) is 0 Å². The molecule has 0 heterocycles. The summed E-state index contributed by atoms with van der Waals surface area (Å²) in [6.45, 7) is 0.327. The number of carboxylic acid groups (broad SMARTS) is 1. The Labute approximate surface area is 105 Å². The highest BCUT2D eigenvalue weighted by molar-refractivity contribution is 5.68. The fourth-order valence-electron chi connectivity index (χ4n) is 5.41. The van der Waals surface area contributed by atoms with Gasteiger partial charge in [-0.25, -0.2) is 8.78 Å². The predicted molar refractivity (Wildman–Crippen MR) is 61.0 cm³/mol. The molecule has 3 saturated carbocycles. The van der Waals surface area contributed by atoms with Crippen LogP contribution < -0.4 is 5.73 Å². The molecule has 0 radical (unpaired) electrons. The fraction of sp³-hybridized carbons (Fsp3) is 0.923. The number of hydrogen-bond acceptors (Lipinski definition) is 2. The summed E-state index contributed by atoms with van der Waals surface area (Å²) in [6, 6.07) is 0. The predicted octanol–water partition coefficient (Wildman–Crippen LogP) is 1.96. The first-order chi connectivity index (χ1) is 8.51. The summed E-state index contributed by atoms with van der Waals surface area (Å²) in [7, 11) is 0. The summed E-state index contributed by atoms with van der Waals surface area (Å²) >= 11 is 0. The van der Waals surface area contributed by atoms with Gasteiger partial charge >= 0.3 is 5.97 Å². The summed E-state index contributed by atoms with van der Waals surface area (Å²) in [5, 5.41) is 9.06. The summed E-state index contributed by atoms with van der Waals surface area (Å²) in [6.07, 6.45) is 0.278. The first kappa shape index (κ1) is 12.3. The SMILES string of the molecule is NC[C@@]1(CC(=O)O)[C@@H]2C[C@@H]3CC[C@H]1[C@H]2[C@H]3C(F)F. The minimum Gasteiger partial charge on any atom is -0.481 e. The second-order valence-corrected chi connectivity index (χ2v) is 6.28. The minimum atomic E-state index is -2.26. The average molecular weight is 259 g/mol. The maximum atomic E-state index is 13.1. The molecule has 0 saturated heterocycles. The van der Waals surface area contributed by atoms with Crippen LogP contribution >= 0.6 is 0 Å². The number of halogens is 2. The number of hydrogen-bond donors (Lipinski definition) is 2. The molecule has 0 aromatic rings. The Morgan fingerprint density at radius 3 is 2.67 bits per heavy atom. The Morgan fingerprint density at radius 1 is 1.39 bits per heavy atom. The van der Waals surface area contributed by atoms with Crippen LogP contribution in [0.3, 0.4) is 0 Å². The first-order valence-electron chi connectivity index (χ1n) is 6.71. The Kier molecular flexibility index (Phi) is 2.66. The molecule has 3 N–H and O–H groups in total. The molecule has 0 aliphatic heterocycles. The zero-order valence-corrected chi connectivity index (χ0v) is 10.2. The lowest BCUT2D eigenvalue weighted by Crippen LogP contribution is -2.61. The number of alkyl halides is 2. The van der Waals surface area contributed by atoms with Gasteiger partial charge in [-0.15, -0.1) is 0 Å². The molecule has 0 aromatic carbocycles. The normalized spacial score (nSPS) is 49.2. The van der Waals surface area contributed by atoms with Crippen LogP contribution in [0, 0.1) is 35.0 Å². The number of carbonyl (C=O) groups is 1. The average Bonchev–Trinajstić information content (AvgIpc) is 2.45. The second-order valence-electron chi connectivity index (χ2n) is 6.28. The molecule has 3 aliphatic carbocycles. The van der Waals surface area contributed by atoms with Crippen molar-refractivity contribution in [2.45, 2.75) is 32.1 Å². The molecule has 3 fully saturated rings. The molecule has 3 nitrogen and oxygen atoms in total. The van der Waals surface area contributed by atoms with E-state index < -0.39 is 23.7 Å². The van der Waals surface area contributed by atoms with Gasteiger partial charge in [0.25, 0.3) is 0 Å².